The second-order valence-corrected chi connectivity index (χ2v) is 6.14. The van der Waals surface area contributed by atoms with Crippen LogP contribution in [0.5, 0.6) is 5.75 Å². The Balaban J connectivity index is 1.81. The molecule has 9 heteroatoms. The number of nitrogens with one attached hydrogen (secondary N) is 2. The van der Waals surface area contributed by atoms with Crippen molar-refractivity contribution in [2.24, 2.45) is 5.92 Å². The van der Waals surface area contributed by atoms with Crippen LogP contribution in [0.2, 0.25) is 5.02 Å². The van der Waals surface area contributed by atoms with Crippen molar-refractivity contribution >= 4 is 40.8 Å². The molecule has 1 aliphatic rings. The maximum atomic E-state index is 13.4. The summed E-state index contributed by atoms with van der Waals surface area (Å²) in [5.74, 6) is -2.62. The number of carbonyl (C=O) groups excluding carboxylic acids is 3. The molecule has 0 saturated carbocycles. The number of imide groups is 1. The number of ether oxygens (including phenoxy) is 1. The third-order valence-electron chi connectivity index (χ3n) is 3.99. The first-order valence-corrected chi connectivity index (χ1v) is 8.30. The molecule has 0 spiro atoms. The van der Waals surface area contributed by atoms with Gasteiger partial charge in [0.1, 0.15) is 17.5 Å². The summed E-state index contributed by atoms with van der Waals surface area (Å²) in [5, 5.41) is 4.86. The summed E-state index contributed by atoms with van der Waals surface area (Å²) in [5.41, 5.74) is 0.517. The van der Waals surface area contributed by atoms with Crippen molar-refractivity contribution < 1.29 is 23.5 Å². The zero-order valence-corrected chi connectivity index (χ0v) is 14.9. The van der Waals surface area contributed by atoms with E-state index in [-0.39, 0.29) is 17.3 Å². The highest BCUT2D eigenvalue weighted by Gasteiger charge is 2.39. The first-order valence-electron chi connectivity index (χ1n) is 7.92. The van der Waals surface area contributed by atoms with Gasteiger partial charge in [0.05, 0.1) is 17.8 Å². The number of benzene rings is 2. The average Bonchev–Trinajstić information content (AvgIpc) is 2.64. The van der Waals surface area contributed by atoms with Crippen LogP contribution in [-0.2, 0) is 9.59 Å². The molecule has 0 bridgehead atoms. The minimum atomic E-state index is -1.15. The van der Waals surface area contributed by atoms with Gasteiger partial charge in [-0.15, -0.1) is 0 Å². The molecular weight excluding hydrogens is 377 g/mol. The Morgan fingerprint density at radius 3 is 2.78 bits per heavy atom. The highest BCUT2D eigenvalue weighted by molar-refractivity contribution is 6.31. The predicted molar refractivity (Wildman–Crippen MR) is 97.4 cm³/mol. The topological polar surface area (TPSA) is 87.7 Å². The Kier molecular flexibility index (Phi) is 5.27. The molecule has 1 atom stereocenters. The van der Waals surface area contributed by atoms with Gasteiger partial charge in [0.2, 0.25) is 11.8 Å². The summed E-state index contributed by atoms with van der Waals surface area (Å²) >= 11 is 5.73. The van der Waals surface area contributed by atoms with Crippen LogP contribution < -0.4 is 20.3 Å². The smallest absolute Gasteiger partial charge is 0.328 e. The highest BCUT2D eigenvalue weighted by Crippen LogP contribution is 2.26. The van der Waals surface area contributed by atoms with E-state index in [1.165, 1.54) is 13.2 Å². The molecule has 2 aromatic rings. The zero-order valence-electron chi connectivity index (χ0n) is 14.2. The Hall–Kier alpha value is -3.13. The lowest BCUT2D eigenvalue weighted by atomic mass is 10.0. The van der Waals surface area contributed by atoms with E-state index in [0.29, 0.717) is 11.4 Å². The number of methoxy groups -OCH3 is 1. The lowest BCUT2D eigenvalue weighted by molar-refractivity contribution is -0.130. The fourth-order valence-electron chi connectivity index (χ4n) is 2.62. The summed E-state index contributed by atoms with van der Waals surface area (Å²) in [6, 6.07) is 9.35. The summed E-state index contributed by atoms with van der Waals surface area (Å²) in [7, 11) is 1.49. The fraction of sp³-hybridized carbons (Fsp3) is 0.167. The minimum Gasteiger partial charge on any atom is -0.497 e. The molecule has 0 radical (unpaired) electrons. The maximum Gasteiger partial charge on any atom is 0.328 e. The molecule has 0 aliphatic carbocycles. The van der Waals surface area contributed by atoms with Crippen LogP contribution in [0.15, 0.2) is 42.5 Å². The number of halogens is 2. The zero-order chi connectivity index (χ0) is 19.6. The van der Waals surface area contributed by atoms with E-state index in [0.717, 1.165) is 17.0 Å². The van der Waals surface area contributed by atoms with E-state index >= 15 is 0 Å². The minimum absolute atomic E-state index is 0.0720. The largest absolute Gasteiger partial charge is 0.497 e. The molecule has 27 heavy (non-hydrogen) atoms. The highest BCUT2D eigenvalue weighted by atomic mass is 35.5. The van der Waals surface area contributed by atoms with Crippen LogP contribution in [0.1, 0.15) is 0 Å². The molecule has 0 aromatic heterocycles. The molecule has 140 valence electrons. The number of amides is 4. The normalized spacial score (nSPS) is 16.7. The van der Waals surface area contributed by atoms with Crippen LogP contribution in [0.4, 0.5) is 20.6 Å². The van der Waals surface area contributed by atoms with Crippen LogP contribution >= 0.6 is 11.6 Å². The maximum absolute atomic E-state index is 13.4. The van der Waals surface area contributed by atoms with Gasteiger partial charge in [-0.25, -0.2) is 14.1 Å². The quantitative estimate of drug-likeness (QED) is 0.784. The molecule has 1 aliphatic heterocycles. The van der Waals surface area contributed by atoms with E-state index in [1.807, 2.05) is 0 Å². The number of hydrogen-bond acceptors (Lipinski definition) is 4. The summed E-state index contributed by atoms with van der Waals surface area (Å²) < 4.78 is 18.4. The first-order chi connectivity index (χ1) is 12.9. The first kappa shape index (κ1) is 18.7. The van der Waals surface area contributed by atoms with Crippen LogP contribution in [0.25, 0.3) is 0 Å². The Morgan fingerprint density at radius 2 is 2.07 bits per heavy atom. The number of nitrogens with zero attached hydrogens (tertiary/aromatic N) is 1. The van der Waals surface area contributed by atoms with Crippen molar-refractivity contribution in [3.63, 3.8) is 0 Å². The van der Waals surface area contributed by atoms with Gasteiger partial charge >= 0.3 is 6.03 Å². The number of urea groups is 1. The van der Waals surface area contributed by atoms with E-state index < -0.39 is 29.6 Å². The van der Waals surface area contributed by atoms with Gasteiger partial charge in [0.25, 0.3) is 0 Å². The van der Waals surface area contributed by atoms with Crippen molar-refractivity contribution in [3.8, 4) is 5.75 Å². The molecule has 4 amide bonds. The van der Waals surface area contributed by atoms with Gasteiger partial charge in [0.15, 0.2) is 0 Å². The van der Waals surface area contributed by atoms with Crippen molar-refractivity contribution in [2.45, 2.75) is 0 Å². The molecule has 1 heterocycles. The van der Waals surface area contributed by atoms with Gasteiger partial charge in [-0.05, 0) is 30.3 Å². The van der Waals surface area contributed by atoms with Gasteiger partial charge in [0, 0.05) is 18.3 Å². The second-order valence-electron chi connectivity index (χ2n) is 5.73. The summed E-state index contributed by atoms with van der Waals surface area (Å²) in [6.45, 7) is -0.154. The van der Waals surface area contributed by atoms with E-state index in [9.17, 15) is 18.8 Å². The molecule has 7 nitrogen and oxygen atoms in total. The van der Waals surface area contributed by atoms with Gasteiger partial charge in [-0.2, -0.15) is 0 Å². The van der Waals surface area contributed by atoms with Crippen LogP contribution in [0, 0.1) is 11.7 Å². The standard InChI is InChI=1S/C18H15ClFN3O4/c1-27-12-4-2-3-10(7-12)22-16(24)13-9-21-18(26)23(17(13)25)11-5-6-15(20)14(19)8-11/h2-8,13H,9H2,1H3,(H,21,26)(H,22,24). The lowest BCUT2D eigenvalue weighted by Crippen LogP contribution is -2.58. The van der Waals surface area contributed by atoms with Crippen molar-refractivity contribution in [3.05, 3.63) is 53.3 Å². The molecule has 1 fully saturated rings. The van der Waals surface area contributed by atoms with Crippen molar-refractivity contribution in [1.82, 2.24) is 5.32 Å². The molecule has 1 unspecified atom stereocenters. The Bertz CT molecular complexity index is 921. The van der Waals surface area contributed by atoms with E-state index in [1.54, 1.807) is 24.3 Å². The molecule has 1 saturated heterocycles. The van der Waals surface area contributed by atoms with Gasteiger partial charge in [-0.3, -0.25) is 9.59 Å². The van der Waals surface area contributed by atoms with E-state index in [2.05, 4.69) is 10.6 Å². The Labute approximate surface area is 159 Å². The molecule has 2 aromatic carbocycles. The number of anilines is 2. The average molecular weight is 392 g/mol. The van der Waals surface area contributed by atoms with E-state index in [4.69, 9.17) is 16.3 Å². The second kappa shape index (κ2) is 7.63. The number of hydrogen-bond donors (Lipinski definition) is 2. The third-order valence-corrected chi connectivity index (χ3v) is 4.28. The fourth-order valence-corrected chi connectivity index (χ4v) is 2.79. The number of carbonyl (C=O) groups is 3. The summed E-state index contributed by atoms with van der Waals surface area (Å²) in [6.07, 6.45) is 0. The SMILES string of the molecule is COc1cccc(NC(=O)C2CNC(=O)N(c3ccc(F)c(Cl)c3)C2=O)c1. The monoisotopic (exact) mass is 391 g/mol. The van der Waals surface area contributed by atoms with Crippen LogP contribution in [-0.4, -0.2) is 31.5 Å². The Morgan fingerprint density at radius 1 is 1.30 bits per heavy atom. The van der Waals surface area contributed by atoms with Crippen molar-refractivity contribution in [2.75, 3.05) is 23.9 Å². The predicted octanol–water partition coefficient (Wildman–Crippen LogP) is 2.80. The third kappa shape index (κ3) is 3.85. The molecule has 2 N–H and O–H groups in total. The summed E-state index contributed by atoms with van der Waals surface area (Å²) in [4.78, 5) is 38.2. The van der Waals surface area contributed by atoms with Crippen molar-refractivity contribution in [1.29, 1.82) is 0 Å². The molecule has 3 rings (SSSR count). The number of rotatable bonds is 4. The van der Waals surface area contributed by atoms with Gasteiger partial charge < -0.3 is 15.4 Å². The van der Waals surface area contributed by atoms with Gasteiger partial charge in [-0.1, -0.05) is 17.7 Å². The van der Waals surface area contributed by atoms with Crippen LogP contribution in [0.3, 0.4) is 0 Å². The molecular formula is C18H15ClFN3O4. The lowest BCUT2D eigenvalue weighted by Gasteiger charge is -2.30.